The van der Waals surface area contributed by atoms with Crippen LogP contribution in [0.5, 0.6) is 0 Å². The molecule has 0 bridgehead atoms. The molecule has 0 unspecified atom stereocenters. The Kier molecular flexibility index (Phi) is 3.76. The summed E-state index contributed by atoms with van der Waals surface area (Å²) < 4.78 is 26.0. The summed E-state index contributed by atoms with van der Waals surface area (Å²) in [6, 6.07) is 2.92. The maximum absolute atomic E-state index is 13.0. The van der Waals surface area contributed by atoms with E-state index in [1.165, 1.54) is 0 Å². The molecule has 0 aromatic heterocycles. The van der Waals surface area contributed by atoms with Gasteiger partial charge in [0.25, 0.3) is 5.91 Å². The molecule has 0 N–H and O–H groups in total. The average molecular weight is 304 g/mol. The summed E-state index contributed by atoms with van der Waals surface area (Å²) in [7, 11) is 0. The lowest BCUT2D eigenvalue weighted by Crippen LogP contribution is -2.38. The molecule has 1 fully saturated rings. The van der Waals surface area contributed by atoms with Crippen LogP contribution in [0, 0.1) is 11.6 Å². The molecule has 0 spiro atoms. The first-order chi connectivity index (χ1) is 8.06. The number of hydrogen-bond donors (Lipinski definition) is 0. The Balaban J connectivity index is 2.14. The summed E-state index contributed by atoms with van der Waals surface area (Å²) in [5, 5.41) is 0. The molecular weight excluding hydrogens is 292 g/mol. The van der Waals surface area contributed by atoms with Crippen LogP contribution in [0.25, 0.3) is 0 Å². The third-order valence-corrected chi connectivity index (χ3v) is 3.74. The lowest BCUT2D eigenvalue weighted by Gasteiger charge is -2.29. The van der Waals surface area contributed by atoms with Crippen LogP contribution >= 0.6 is 15.9 Å². The predicted molar refractivity (Wildman–Crippen MR) is 64.2 cm³/mol. The van der Waals surface area contributed by atoms with Crippen molar-refractivity contribution in [1.29, 1.82) is 0 Å². The highest BCUT2D eigenvalue weighted by atomic mass is 79.9. The smallest absolute Gasteiger partial charge is 0.254 e. The maximum atomic E-state index is 13.0. The van der Waals surface area contributed by atoms with Gasteiger partial charge in [0.05, 0.1) is 0 Å². The van der Waals surface area contributed by atoms with Crippen molar-refractivity contribution in [1.82, 2.24) is 4.90 Å². The van der Waals surface area contributed by atoms with Gasteiger partial charge in [-0.2, -0.15) is 0 Å². The zero-order valence-electron chi connectivity index (χ0n) is 9.13. The molecule has 0 aliphatic carbocycles. The van der Waals surface area contributed by atoms with Gasteiger partial charge >= 0.3 is 0 Å². The van der Waals surface area contributed by atoms with Crippen molar-refractivity contribution < 1.29 is 13.6 Å². The van der Waals surface area contributed by atoms with E-state index in [1.807, 2.05) is 0 Å². The molecular formula is C12H12BrF2NO. The number of amides is 1. The second kappa shape index (κ2) is 5.12. The summed E-state index contributed by atoms with van der Waals surface area (Å²) >= 11 is 3.49. The van der Waals surface area contributed by atoms with Crippen LogP contribution in [0.2, 0.25) is 0 Å². The zero-order chi connectivity index (χ0) is 12.4. The maximum Gasteiger partial charge on any atom is 0.254 e. The molecule has 2 rings (SSSR count). The van der Waals surface area contributed by atoms with Crippen molar-refractivity contribution in [3.05, 3.63) is 35.4 Å². The van der Waals surface area contributed by atoms with Crippen molar-refractivity contribution >= 4 is 21.8 Å². The van der Waals surface area contributed by atoms with Crippen molar-refractivity contribution in [3.63, 3.8) is 0 Å². The molecule has 0 atom stereocenters. The van der Waals surface area contributed by atoms with Gasteiger partial charge in [-0.3, -0.25) is 4.79 Å². The largest absolute Gasteiger partial charge is 0.339 e. The Labute approximate surface area is 107 Å². The number of carbonyl (C=O) groups is 1. The Morgan fingerprint density at radius 2 is 1.71 bits per heavy atom. The molecule has 1 aliphatic rings. The van der Waals surface area contributed by atoms with Crippen LogP contribution in [-0.4, -0.2) is 28.7 Å². The molecule has 1 amide bonds. The highest BCUT2D eigenvalue weighted by Crippen LogP contribution is 2.19. The van der Waals surface area contributed by atoms with Crippen molar-refractivity contribution in [2.45, 2.75) is 17.7 Å². The first-order valence-corrected chi connectivity index (χ1v) is 6.37. The Morgan fingerprint density at radius 3 is 2.24 bits per heavy atom. The minimum Gasteiger partial charge on any atom is -0.339 e. The van der Waals surface area contributed by atoms with Crippen LogP contribution in [0.1, 0.15) is 23.2 Å². The van der Waals surface area contributed by atoms with Crippen LogP contribution in [-0.2, 0) is 0 Å². The molecule has 0 saturated carbocycles. The number of benzene rings is 1. The lowest BCUT2D eigenvalue weighted by molar-refractivity contribution is 0.0727. The van der Waals surface area contributed by atoms with E-state index in [1.54, 1.807) is 4.90 Å². The fraction of sp³-hybridized carbons (Fsp3) is 0.417. The number of rotatable bonds is 1. The lowest BCUT2D eigenvalue weighted by atomic mass is 10.1. The van der Waals surface area contributed by atoms with Gasteiger partial charge in [0, 0.05) is 29.5 Å². The zero-order valence-corrected chi connectivity index (χ0v) is 10.7. The number of piperidine rings is 1. The van der Waals surface area contributed by atoms with Gasteiger partial charge in [-0.25, -0.2) is 8.78 Å². The van der Waals surface area contributed by atoms with Crippen molar-refractivity contribution in [2.75, 3.05) is 13.1 Å². The summed E-state index contributed by atoms with van der Waals surface area (Å²) in [6.45, 7) is 1.24. The van der Waals surface area contributed by atoms with Gasteiger partial charge in [-0.1, -0.05) is 15.9 Å². The first-order valence-electron chi connectivity index (χ1n) is 5.45. The predicted octanol–water partition coefficient (Wildman–Crippen LogP) is 2.96. The third-order valence-electron chi connectivity index (χ3n) is 2.82. The topological polar surface area (TPSA) is 20.3 Å². The number of halogens is 3. The Hall–Kier alpha value is -0.970. The van der Waals surface area contributed by atoms with Crippen LogP contribution in [0.15, 0.2) is 18.2 Å². The highest BCUT2D eigenvalue weighted by Gasteiger charge is 2.22. The van der Waals surface area contributed by atoms with Gasteiger partial charge in [-0.15, -0.1) is 0 Å². The molecule has 1 saturated heterocycles. The molecule has 0 radical (unpaired) electrons. The fourth-order valence-electron chi connectivity index (χ4n) is 1.91. The van der Waals surface area contributed by atoms with Crippen LogP contribution in [0.3, 0.4) is 0 Å². The van der Waals surface area contributed by atoms with Gasteiger partial charge in [-0.05, 0) is 25.0 Å². The summed E-state index contributed by atoms with van der Waals surface area (Å²) in [5.41, 5.74) is 0.0792. The molecule has 1 aliphatic heterocycles. The molecule has 2 nitrogen and oxygen atoms in total. The first kappa shape index (κ1) is 12.5. The number of hydrogen-bond acceptors (Lipinski definition) is 1. The standard InChI is InChI=1S/C12H12BrF2NO/c13-9-1-3-16(4-2-9)12(17)8-5-10(14)7-11(15)6-8/h5-7,9H,1-4H2. The van der Waals surface area contributed by atoms with Gasteiger partial charge in [0.1, 0.15) is 11.6 Å². The fourth-order valence-corrected chi connectivity index (χ4v) is 2.32. The molecule has 1 aromatic carbocycles. The third kappa shape index (κ3) is 3.03. The summed E-state index contributed by atoms with van der Waals surface area (Å²) in [6.07, 6.45) is 1.73. The summed E-state index contributed by atoms with van der Waals surface area (Å²) in [5.74, 6) is -1.74. The quantitative estimate of drug-likeness (QED) is 0.731. The number of alkyl halides is 1. The van der Waals surface area contributed by atoms with Gasteiger partial charge < -0.3 is 4.90 Å². The monoisotopic (exact) mass is 303 g/mol. The van der Waals surface area contributed by atoms with E-state index in [0.717, 1.165) is 31.0 Å². The van der Waals surface area contributed by atoms with E-state index in [2.05, 4.69) is 15.9 Å². The molecule has 92 valence electrons. The second-order valence-corrected chi connectivity index (χ2v) is 5.42. The van der Waals surface area contributed by atoms with E-state index >= 15 is 0 Å². The van der Waals surface area contributed by atoms with Gasteiger partial charge in [0.2, 0.25) is 0 Å². The average Bonchev–Trinajstić information content (AvgIpc) is 2.28. The Morgan fingerprint density at radius 1 is 1.18 bits per heavy atom. The SMILES string of the molecule is O=C(c1cc(F)cc(F)c1)N1CCC(Br)CC1. The van der Waals surface area contributed by atoms with E-state index in [-0.39, 0.29) is 11.5 Å². The van der Waals surface area contributed by atoms with E-state index in [0.29, 0.717) is 17.9 Å². The highest BCUT2D eigenvalue weighted by molar-refractivity contribution is 9.09. The number of likely N-dealkylation sites (tertiary alicyclic amines) is 1. The number of nitrogens with zero attached hydrogens (tertiary/aromatic N) is 1. The molecule has 1 aromatic rings. The number of carbonyl (C=O) groups excluding carboxylic acids is 1. The normalized spacial score (nSPS) is 17.2. The van der Waals surface area contributed by atoms with E-state index < -0.39 is 11.6 Å². The van der Waals surface area contributed by atoms with Gasteiger partial charge in [0.15, 0.2) is 0 Å². The van der Waals surface area contributed by atoms with Crippen molar-refractivity contribution in [3.8, 4) is 0 Å². The second-order valence-electron chi connectivity index (χ2n) is 4.12. The van der Waals surface area contributed by atoms with Crippen molar-refractivity contribution in [2.24, 2.45) is 0 Å². The molecule has 1 heterocycles. The Bertz CT molecular complexity index is 410. The van der Waals surface area contributed by atoms with Crippen LogP contribution in [0.4, 0.5) is 8.78 Å². The summed E-state index contributed by atoms with van der Waals surface area (Å²) in [4.78, 5) is 14.0. The minimum atomic E-state index is -0.719. The van der Waals surface area contributed by atoms with E-state index in [4.69, 9.17) is 0 Å². The molecule has 5 heteroatoms. The minimum absolute atomic E-state index is 0.0792. The van der Waals surface area contributed by atoms with Crippen LogP contribution < -0.4 is 0 Å². The molecule has 17 heavy (non-hydrogen) atoms. The van der Waals surface area contributed by atoms with E-state index in [9.17, 15) is 13.6 Å².